The summed E-state index contributed by atoms with van der Waals surface area (Å²) in [5.41, 5.74) is 4.55. The zero-order valence-corrected chi connectivity index (χ0v) is 21.8. The SMILES string of the molecule is CCn1c(SCC(=O)Nc2ccc(Br)c(C)c2C)nnc1[C@H](C)NC(=O)c1cccc(C)c1. The number of hydrogen-bond acceptors (Lipinski definition) is 5. The Balaban J connectivity index is 1.64. The molecule has 1 aromatic heterocycles. The van der Waals surface area contributed by atoms with Gasteiger partial charge in [0.05, 0.1) is 11.8 Å². The van der Waals surface area contributed by atoms with Crippen LogP contribution in [0.25, 0.3) is 0 Å². The third-order valence-electron chi connectivity index (χ3n) is 5.40. The topological polar surface area (TPSA) is 88.9 Å². The molecule has 0 saturated carbocycles. The van der Waals surface area contributed by atoms with Gasteiger partial charge in [-0.1, -0.05) is 45.4 Å². The highest BCUT2D eigenvalue weighted by molar-refractivity contribution is 9.10. The molecule has 0 spiro atoms. The first kappa shape index (κ1) is 25.0. The summed E-state index contributed by atoms with van der Waals surface area (Å²) >= 11 is 4.83. The highest BCUT2D eigenvalue weighted by atomic mass is 79.9. The van der Waals surface area contributed by atoms with Crippen molar-refractivity contribution in [3.8, 4) is 0 Å². The third-order valence-corrected chi connectivity index (χ3v) is 7.23. The Kier molecular flexibility index (Phi) is 8.31. The van der Waals surface area contributed by atoms with Crippen LogP contribution >= 0.6 is 27.7 Å². The number of nitrogens with one attached hydrogen (secondary N) is 2. The van der Waals surface area contributed by atoms with Gasteiger partial charge in [-0.15, -0.1) is 10.2 Å². The molecule has 0 unspecified atom stereocenters. The van der Waals surface area contributed by atoms with Gasteiger partial charge in [0.25, 0.3) is 5.91 Å². The molecule has 3 aromatic rings. The molecule has 2 N–H and O–H groups in total. The lowest BCUT2D eigenvalue weighted by Gasteiger charge is -2.15. The van der Waals surface area contributed by atoms with Crippen LogP contribution in [0.1, 0.15) is 52.8 Å². The van der Waals surface area contributed by atoms with Crippen LogP contribution in [0.2, 0.25) is 0 Å². The van der Waals surface area contributed by atoms with Gasteiger partial charge in [-0.2, -0.15) is 0 Å². The quantitative estimate of drug-likeness (QED) is 0.391. The average Bonchev–Trinajstić information content (AvgIpc) is 3.21. The Morgan fingerprint density at radius 1 is 1.12 bits per heavy atom. The minimum atomic E-state index is -0.331. The van der Waals surface area contributed by atoms with E-state index in [1.165, 1.54) is 11.8 Å². The van der Waals surface area contributed by atoms with E-state index in [2.05, 4.69) is 36.8 Å². The smallest absolute Gasteiger partial charge is 0.251 e. The van der Waals surface area contributed by atoms with Crippen LogP contribution in [0.4, 0.5) is 5.69 Å². The van der Waals surface area contributed by atoms with Gasteiger partial charge in [-0.05, 0) is 70.0 Å². The van der Waals surface area contributed by atoms with Gasteiger partial charge in [-0.25, -0.2) is 0 Å². The number of hydrogen-bond donors (Lipinski definition) is 2. The molecule has 0 bridgehead atoms. The fraction of sp³-hybridized carbons (Fsp3) is 0.333. The van der Waals surface area contributed by atoms with E-state index in [-0.39, 0.29) is 23.6 Å². The van der Waals surface area contributed by atoms with E-state index in [4.69, 9.17) is 0 Å². The first-order chi connectivity index (χ1) is 15.7. The number of halogens is 1. The largest absolute Gasteiger partial charge is 0.342 e. The average molecular weight is 530 g/mol. The van der Waals surface area contributed by atoms with Gasteiger partial charge < -0.3 is 15.2 Å². The first-order valence-electron chi connectivity index (χ1n) is 10.7. The molecule has 174 valence electrons. The molecule has 0 aliphatic rings. The van der Waals surface area contributed by atoms with E-state index < -0.39 is 0 Å². The molecule has 7 nitrogen and oxygen atoms in total. The minimum Gasteiger partial charge on any atom is -0.342 e. The van der Waals surface area contributed by atoms with Crippen molar-refractivity contribution in [3.63, 3.8) is 0 Å². The summed E-state index contributed by atoms with van der Waals surface area (Å²) in [4.78, 5) is 25.2. The number of carbonyl (C=O) groups excluding carboxylic acids is 2. The molecule has 0 aliphatic heterocycles. The van der Waals surface area contributed by atoms with Crippen molar-refractivity contribution in [2.45, 2.75) is 52.4 Å². The van der Waals surface area contributed by atoms with Gasteiger partial charge in [0.1, 0.15) is 0 Å². The van der Waals surface area contributed by atoms with E-state index in [0.717, 1.165) is 26.9 Å². The lowest BCUT2D eigenvalue weighted by molar-refractivity contribution is -0.113. The van der Waals surface area contributed by atoms with E-state index >= 15 is 0 Å². The summed E-state index contributed by atoms with van der Waals surface area (Å²) in [5, 5.41) is 15.1. The van der Waals surface area contributed by atoms with Crippen molar-refractivity contribution in [2.75, 3.05) is 11.1 Å². The minimum absolute atomic E-state index is 0.113. The molecule has 2 amide bonds. The van der Waals surface area contributed by atoms with Gasteiger partial charge in [0, 0.05) is 22.3 Å². The van der Waals surface area contributed by atoms with Crippen LogP contribution < -0.4 is 10.6 Å². The zero-order chi connectivity index (χ0) is 24.1. The zero-order valence-electron chi connectivity index (χ0n) is 19.4. The fourth-order valence-corrected chi connectivity index (χ4v) is 4.63. The second kappa shape index (κ2) is 11.0. The molecule has 0 radical (unpaired) electrons. The number of aromatic nitrogens is 3. The normalized spacial score (nSPS) is 11.8. The maximum atomic E-state index is 12.6. The number of benzene rings is 2. The van der Waals surface area contributed by atoms with Crippen LogP contribution in [-0.4, -0.2) is 32.3 Å². The number of rotatable bonds is 8. The van der Waals surface area contributed by atoms with Crippen molar-refractivity contribution in [3.05, 3.63) is 68.9 Å². The van der Waals surface area contributed by atoms with Crippen molar-refractivity contribution >= 4 is 45.2 Å². The molecular formula is C24H28BrN5O2S. The maximum absolute atomic E-state index is 12.6. The molecule has 2 aromatic carbocycles. The third kappa shape index (κ3) is 6.03. The number of nitrogens with zero attached hydrogens (tertiary/aromatic N) is 3. The molecule has 0 saturated heterocycles. The second-order valence-electron chi connectivity index (χ2n) is 7.83. The molecule has 33 heavy (non-hydrogen) atoms. The standard InChI is InChI=1S/C24H28BrN5O2S/c1-6-30-22(17(5)26-23(32)18-9-7-8-14(2)12-18)28-29-24(30)33-13-21(31)27-20-11-10-19(25)15(3)16(20)4/h7-12,17H,6,13H2,1-5H3,(H,26,32)(H,27,31)/t17-/m0/s1. The number of aryl methyl sites for hydroxylation is 1. The summed E-state index contributed by atoms with van der Waals surface area (Å²) < 4.78 is 2.94. The predicted molar refractivity (Wildman–Crippen MR) is 136 cm³/mol. The van der Waals surface area contributed by atoms with Gasteiger partial charge >= 0.3 is 0 Å². The highest BCUT2D eigenvalue weighted by Crippen LogP contribution is 2.26. The summed E-state index contributed by atoms with van der Waals surface area (Å²) in [6.45, 7) is 10.4. The molecule has 9 heteroatoms. The van der Waals surface area contributed by atoms with Gasteiger partial charge in [-0.3, -0.25) is 9.59 Å². The Hall–Kier alpha value is -2.65. The Bertz CT molecular complexity index is 1180. The summed E-state index contributed by atoms with van der Waals surface area (Å²) in [6.07, 6.45) is 0. The molecule has 1 atom stereocenters. The van der Waals surface area contributed by atoms with Crippen LogP contribution in [0.5, 0.6) is 0 Å². The van der Waals surface area contributed by atoms with Gasteiger partial charge in [0.2, 0.25) is 5.91 Å². The monoisotopic (exact) mass is 529 g/mol. The Labute approximate surface area is 206 Å². The second-order valence-corrected chi connectivity index (χ2v) is 9.63. The maximum Gasteiger partial charge on any atom is 0.251 e. The van der Waals surface area contributed by atoms with Crippen LogP contribution in [-0.2, 0) is 11.3 Å². The highest BCUT2D eigenvalue weighted by Gasteiger charge is 2.20. The Morgan fingerprint density at radius 3 is 2.58 bits per heavy atom. The van der Waals surface area contributed by atoms with Crippen molar-refractivity contribution in [1.29, 1.82) is 0 Å². The van der Waals surface area contributed by atoms with E-state index in [0.29, 0.717) is 23.1 Å². The fourth-order valence-electron chi connectivity index (χ4n) is 3.39. The molecular weight excluding hydrogens is 502 g/mol. The van der Waals surface area contributed by atoms with E-state index in [1.807, 2.05) is 69.5 Å². The van der Waals surface area contributed by atoms with E-state index in [9.17, 15) is 9.59 Å². The summed E-state index contributed by atoms with van der Waals surface area (Å²) in [6, 6.07) is 10.9. The Morgan fingerprint density at radius 2 is 1.88 bits per heavy atom. The first-order valence-corrected chi connectivity index (χ1v) is 12.5. The molecule has 1 heterocycles. The molecule has 0 fully saturated rings. The summed E-state index contributed by atoms with van der Waals surface area (Å²) in [5.74, 6) is 0.584. The van der Waals surface area contributed by atoms with Crippen molar-refractivity contribution in [2.24, 2.45) is 0 Å². The number of amides is 2. The number of anilines is 1. The van der Waals surface area contributed by atoms with Crippen LogP contribution in [0.15, 0.2) is 46.0 Å². The van der Waals surface area contributed by atoms with Crippen LogP contribution in [0.3, 0.4) is 0 Å². The predicted octanol–water partition coefficient (Wildman–Crippen LogP) is 5.21. The summed E-state index contributed by atoms with van der Waals surface area (Å²) in [7, 11) is 0. The number of carbonyl (C=O) groups is 2. The molecule has 3 rings (SSSR count). The van der Waals surface area contributed by atoms with Crippen molar-refractivity contribution in [1.82, 2.24) is 20.1 Å². The lowest BCUT2D eigenvalue weighted by atomic mass is 10.1. The number of thioether (sulfide) groups is 1. The van der Waals surface area contributed by atoms with Crippen LogP contribution in [0, 0.1) is 20.8 Å². The van der Waals surface area contributed by atoms with Gasteiger partial charge in [0.15, 0.2) is 11.0 Å². The van der Waals surface area contributed by atoms with Crippen molar-refractivity contribution < 1.29 is 9.59 Å². The van der Waals surface area contributed by atoms with E-state index in [1.54, 1.807) is 6.07 Å². The lowest BCUT2D eigenvalue weighted by Crippen LogP contribution is -2.28. The molecule has 0 aliphatic carbocycles.